The van der Waals surface area contributed by atoms with Crippen LogP contribution >= 0.6 is 0 Å². The summed E-state index contributed by atoms with van der Waals surface area (Å²) in [6.45, 7) is 6.99. The first-order valence-electron chi connectivity index (χ1n) is 18.6. The molecule has 0 saturated heterocycles. The summed E-state index contributed by atoms with van der Waals surface area (Å²) >= 11 is 0. The van der Waals surface area contributed by atoms with Gasteiger partial charge in [-0.1, -0.05) is 159 Å². The van der Waals surface area contributed by atoms with E-state index in [-0.39, 0.29) is 11.3 Å². The Labute approximate surface area is 312 Å². The van der Waals surface area contributed by atoms with Crippen LogP contribution in [0.2, 0.25) is 0 Å². The van der Waals surface area contributed by atoms with Crippen LogP contribution in [0.5, 0.6) is 0 Å². The highest BCUT2D eigenvalue weighted by Crippen LogP contribution is 2.48. The Kier molecular flexibility index (Phi) is 8.16. The summed E-state index contributed by atoms with van der Waals surface area (Å²) in [4.78, 5) is 2.22. The monoisotopic (exact) mass is 682 g/mol. The number of rotatable bonds is 7. The van der Waals surface area contributed by atoms with Crippen LogP contribution in [0.4, 0.5) is 17.1 Å². The van der Waals surface area contributed by atoms with E-state index in [1.165, 1.54) is 60.1 Å². The smallest absolute Gasteiger partial charge is 0.0688 e. The third kappa shape index (κ3) is 5.77. The normalized spacial score (nSPS) is 17.9. The molecule has 2 aliphatic rings. The molecular formula is C51H42N2. The molecule has 0 aliphatic heterocycles. The Hall–Kier alpha value is -6.38. The van der Waals surface area contributed by atoms with Gasteiger partial charge in [-0.15, -0.1) is 0 Å². The van der Waals surface area contributed by atoms with E-state index in [4.69, 9.17) is 5.73 Å². The van der Waals surface area contributed by atoms with Crippen molar-refractivity contribution in [2.75, 3.05) is 10.6 Å². The quantitative estimate of drug-likeness (QED) is 0.134. The zero-order chi connectivity index (χ0) is 35.9. The molecule has 0 heterocycles. The second-order valence-corrected chi connectivity index (χ2v) is 14.6. The fourth-order valence-electron chi connectivity index (χ4n) is 8.49. The van der Waals surface area contributed by atoms with E-state index >= 15 is 0 Å². The lowest BCUT2D eigenvalue weighted by atomic mass is 9.72. The van der Waals surface area contributed by atoms with Crippen LogP contribution in [0.25, 0.3) is 54.6 Å². The van der Waals surface area contributed by atoms with Gasteiger partial charge in [0.25, 0.3) is 0 Å². The lowest BCUT2D eigenvalue weighted by molar-refractivity contribution is 0.610. The van der Waals surface area contributed by atoms with Gasteiger partial charge in [-0.25, -0.2) is 0 Å². The summed E-state index contributed by atoms with van der Waals surface area (Å²) in [6, 6.07) is 48.6. The van der Waals surface area contributed by atoms with Crippen molar-refractivity contribution in [3.8, 4) is 22.3 Å². The Morgan fingerprint density at radius 1 is 0.642 bits per heavy atom. The van der Waals surface area contributed by atoms with Gasteiger partial charge in [-0.2, -0.15) is 0 Å². The van der Waals surface area contributed by atoms with Crippen molar-refractivity contribution in [3.05, 3.63) is 200 Å². The summed E-state index contributed by atoms with van der Waals surface area (Å²) in [5, 5.41) is 7.66. The number of fused-ring (bicyclic) bond motifs is 3. The second-order valence-electron chi connectivity index (χ2n) is 14.6. The Morgan fingerprint density at radius 3 is 2.11 bits per heavy atom. The molecule has 0 aromatic heterocycles. The molecule has 7 aromatic rings. The molecule has 0 amide bonds. The van der Waals surface area contributed by atoms with E-state index in [1.807, 2.05) is 18.2 Å². The maximum absolute atomic E-state index is 6.58. The summed E-state index contributed by atoms with van der Waals surface area (Å²) in [6.07, 6.45) is 19.6. The number of para-hydroxylation sites is 2. The average molecular weight is 683 g/mol. The van der Waals surface area contributed by atoms with Gasteiger partial charge in [0.1, 0.15) is 0 Å². The van der Waals surface area contributed by atoms with Crippen molar-refractivity contribution in [1.82, 2.24) is 0 Å². The number of hydrogen-bond donors (Lipinski definition) is 1. The van der Waals surface area contributed by atoms with Crippen molar-refractivity contribution in [3.63, 3.8) is 0 Å². The number of nitrogens with zero attached hydrogens (tertiary/aromatic N) is 1. The number of hydrogen-bond acceptors (Lipinski definition) is 2. The molecule has 256 valence electrons. The molecule has 2 atom stereocenters. The molecule has 9 rings (SSSR count). The minimum absolute atomic E-state index is 0.157. The highest BCUT2D eigenvalue weighted by molar-refractivity contribution is 6.17. The molecule has 2 N–H and O–H groups in total. The average Bonchev–Trinajstić information content (AvgIpc) is 3.21. The van der Waals surface area contributed by atoms with Crippen LogP contribution in [0.1, 0.15) is 25.3 Å². The summed E-state index contributed by atoms with van der Waals surface area (Å²) in [5.74, 6) is 0.190. The summed E-state index contributed by atoms with van der Waals surface area (Å²) < 4.78 is 0. The highest BCUT2D eigenvalue weighted by atomic mass is 15.2. The Morgan fingerprint density at radius 2 is 1.34 bits per heavy atom. The first-order valence-corrected chi connectivity index (χ1v) is 18.6. The molecule has 2 heteroatoms. The molecule has 53 heavy (non-hydrogen) atoms. The van der Waals surface area contributed by atoms with Crippen LogP contribution in [0, 0.1) is 5.92 Å². The van der Waals surface area contributed by atoms with Crippen molar-refractivity contribution in [1.29, 1.82) is 0 Å². The van der Waals surface area contributed by atoms with Crippen LogP contribution in [0.3, 0.4) is 0 Å². The molecule has 7 aromatic carbocycles. The number of benzene rings is 7. The third-order valence-electron chi connectivity index (χ3n) is 11.2. The fraction of sp³-hybridized carbons (Fsp3) is 0.0980. The lowest BCUT2D eigenvalue weighted by Crippen LogP contribution is -2.22. The summed E-state index contributed by atoms with van der Waals surface area (Å²) in [7, 11) is 0. The van der Waals surface area contributed by atoms with Gasteiger partial charge in [0.15, 0.2) is 0 Å². The molecule has 2 nitrogen and oxygen atoms in total. The van der Waals surface area contributed by atoms with Gasteiger partial charge in [-0.05, 0) is 109 Å². The maximum Gasteiger partial charge on any atom is 0.0688 e. The molecule has 2 aliphatic carbocycles. The minimum atomic E-state index is -0.157. The van der Waals surface area contributed by atoms with Crippen LogP contribution < -0.4 is 10.6 Å². The second kappa shape index (κ2) is 13.3. The van der Waals surface area contributed by atoms with Crippen LogP contribution in [0.15, 0.2) is 194 Å². The Balaban J connectivity index is 1.22. The van der Waals surface area contributed by atoms with Crippen LogP contribution in [-0.4, -0.2) is 0 Å². The third-order valence-corrected chi connectivity index (χ3v) is 11.2. The van der Waals surface area contributed by atoms with E-state index in [9.17, 15) is 0 Å². The summed E-state index contributed by atoms with van der Waals surface area (Å²) in [5.41, 5.74) is 16.4. The number of anilines is 3. The zero-order valence-corrected chi connectivity index (χ0v) is 30.0. The largest absolute Gasteiger partial charge is 0.397 e. The predicted molar refractivity (Wildman–Crippen MR) is 229 cm³/mol. The Bertz CT molecular complexity index is 2670. The molecule has 0 saturated carbocycles. The van der Waals surface area contributed by atoms with Crippen molar-refractivity contribution < 1.29 is 0 Å². The van der Waals surface area contributed by atoms with E-state index in [1.54, 1.807) is 0 Å². The van der Waals surface area contributed by atoms with E-state index in [0.29, 0.717) is 0 Å². The van der Waals surface area contributed by atoms with Crippen molar-refractivity contribution >= 4 is 49.4 Å². The van der Waals surface area contributed by atoms with Gasteiger partial charge in [-0.3, -0.25) is 0 Å². The maximum atomic E-state index is 6.58. The van der Waals surface area contributed by atoms with Crippen molar-refractivity contribution in [2.45, 2.75) is 25.2 Å². The first-order chi connectivity index (χ1) is 26.0. The van der Waals surface area contributed by atoms with E-state index in [0.717, 1.165) is 35.6 Å². The number of nitrogen functional groups attached to an aromatic ring is 1. The fourth-order valence-corrected chi connectivity index (χ4v) is 8.49. The molecule has 0 fully saturated rings. The minimum Gasteiger partial charge on any atom is -0.397 e. The van der Waals surface area contributed by atoms with Gasteiger partial charge in [0.2, 0.25) is 0 Å². The van der Waals surface area contributed by atoms with E-state index in [2.05, 4.69) is 182 Å². The molecule has 0 radical (unpaired) electrons. The molecule has 0 spiro atoms. The van der Waals surface area contributed by atoms with Gasteiger partial charge in [0.05, 0.1) is 11.4 Å². The lowest BCUT2D eigenvalue weighted by Gasteiger charge is -2.32. The molecule has 0 bridgehead atoms. The highest BCUT2D eigenvalue weighted by Gasteiger charge is 2.30. The predicted octanol–water partition coefficient (Wildman–Crippen LogP) is 13.6. The van der Waals surface area contributed by atoms with Gasteiger partial charge < -0.3 is 10.6 Å². The molecular weight excluding hydrogens is 641 g/mol. The topological polar surface area (TPSA) is 29.3 Å². The standard InChI is InChI=1S/C51H42N2/c1-35(36-15-5-3-6-16-36)53(48-22-12-11-21-47(48)52)42-28-25-38(26-29-42)40-27-30-44-46(34-40)50(51(2)31-13-4-14-32-51)45-20-10-9-19-43(45)49(44)41-24-23-37-17-7-8-18-39(37)33-41/h3-15,17-31,33-34,36H,1,16,32,52H2,2H3. The number of nitrogens with two attached hydrogens (primary N) is 1. The van der Waals surface area contributed by atoms with Gasteiger partial charge in [0, 0.05) is 22.7 Å². The van der Waals surface area contributed by atoms with Crippen molar-refractivity contribution in [2.24, 2.45) is 5.92 Å². The zero-order valence-electron chi connectivity index (χ0n) is 30.0. The SMILES string of the molecule is C=C(C1C=CC=CC1)N(c1ccc(-c2ccc3c(-c4ccc5ccccc5c4)c4ccccc4c(C4(C)C=CC=CC4)c3c2)cc1)c1ccccc1N. The van der Waals surface area contributed by atoms with Crippen LogP contribution in [-0.2, 0) is 5.41 Å². The number of allylic oxidation sites excluding steroid dienone is 8. The van der Waals surface area contributed by atoms with E-state index < -0.39 is 0 Å². The van der Waals surface area contributed by atoms with Gasteiger partial charge >= 0.3 is 0 Å². The molecule has 2 unspecified atom stereocenters. The first kappa shape index (κ1) is 32.5.